The lowest BCUT2D eigenvalue weighted by Gasteiger charge is -2.35. The van der Waals surface area contributed by atoms with Crippen molar-refractivity contribution in [1.29, 1.82) is 0 Å². The Balaban J connectivity index is 1.32. The third-order valence-electron chi connectivity index (χ3n) is 6.39. The van der Waals surface area contributed by atoms with Gasteiger partial charge in [0.25, 0.3) is 0 Å². The number of nitrogens with zero attached hydrogens (tertiary/aromatic N) is 4. The molecule has 2 aliphatic rings. The van der Waals surface area contributed by atoms with Crippen LogP contribution in [0.5, 0.6) is 11.5 Å². The number of para-hydroxylation sites is 1. The molecule has 0 saturated carbocycles. The van der Waals surface area contributed by atoms with Crippen molar-refractivity contribution in [1.82, 2.24) is 20.2 Å². The fraction of sp³-hybridized carbons (Fsp3) is 0.435. The number of piperazine rings is 1. The average molecular weight is 423 g/mol. The number of ether oxygens (including phenoxy) is 2. The summed E-state index contributed by atoms with van der Waals surface area (Å²) >= 11 is 0. The summed E-state index contributed by atoms with van der Waals surface area (Å²) in [7, 11) is 0. The number of hydrogen-bond donors (Lipinski definition) is 2. The van der Waals surface area contributed by atoms with Crippen molar-refractivity contribution in [3.8, 4) is 11.5 Å². The van der Waals surface area contributed by atoms with Crippen molar-refractivity contribution in [2.75, 3.05) is 33.0 Å². The van der Waals surface area contributed by atoms with E-state index in [-0.39, 0.29) is 12.8 Å². The quantitative estimate of drug-likeness (QED) is 0.597. The van der Waals surface area contributed by atoms with Gasteiger partial charge in [0.1, 0.15) is 31.9 Å². The van der Waals surface area contributed by atoms with Gasteiger partial charge in [0.2, 0.25) is 12.6 Å². The van der Waals surface area contributed by atoms with Gasteiger partial charge in [-0.1, -0.05) is 38.1 Å². The smallest absolute Gasteiger partial charge is 0.231 e. The van der Waals surface area contributed by atoms with Crippen LogP contribution >= 0.6 is 0 Å². The Kier molecular flexibility index (Phi) is 5.57. The van der Waals surface area contributed by atoms with Crippen molar-refractivity contribution < 1.29 is 19.3 Å². The normalized spacial score (nSPS) is 21.4. The highest BCUT2D eigenvalue weighted by atomic mass is 16.7. The molecule has 8 nitrogen and oxygen atoms in total. The first-order valence-corrected chi connectivity index (χ1v) is 11.1. The number of tetrazole rings is 1. The van der Waals surface area contributed by atoms with E-state index in [1.807, 2.05) is 16.8 Å². The number of hydrogen-bond acceptors (Lipinski definition) is 5. The first-order valence-electron chi connectivity index (χ1n) is 11.1. The van der Waals surface area contributed by atoms with Crippen molar-refractivity contribution in [2.45, 2.75) is 26.4 Å². The largest absolute Gasteiger partial charge is 0.454 e. The van der Waals surface area contributed by atoms with Gasteiger partial charge in [0.15, 0.2) is 17.5 Å². The van der Waals surface area contributed by atoms with Gasteiger partial charge in [0, 0.05) is 5.92 Å². The van der Waals surface area contributed by atoms with Gasteiger partial charge in [-0.25, -0.2) is 4.68 Å². The lowest BCUT2D eigenvalue weighted by molar-refractivity contribution is -1.01. The maximum Gasteiger partial charge on any atom is 0.231 e. The molecule has 162 valence electrons. The Bertz CT molecular complexity index is 1010. The summed E-state index contributed by atoms with van der Waals surface area (Å²) in [6, 6.07) is 17.1. The van der Waals surface area contributed by atoms with Gasteiger partial charge < -0.3 is 14.4 Å². The first kappa shape index (κ1) is 20.0. The summed E-state index contributed by atoms with van der Waals surface area (Å²) in [5, 5.41) is 12.8. The Labute approximate surface area is 182 Å². The van der Waals surface area contributed by atoms with E-state index in [4.69, 9.17) is 9.47 Å². The Morgan fingerprint density at radius 3 is 2.52 bits per heavy atom. The van der Waals surface area contributed by atoms with Crippen LogP contribution in [0.2, 0.25) is 0 Å². The van der Waals surface area contributed by atoms with E-state index in [0.717, 1.165) is 49.1 Å². The van der Waals surface area contributed by atoms with E-state index >= 15 is 0 Å². The van der Waals surface area contributed by atoms with Crippen molar-refractivity contribution in [2.24, 2.45) is 5.92 Å². The number of benzene rings is 2. The molecule has 2 aromatic carbocycles. The van der Waals surface area contributed by atoms with Gasteiger partial charge in [0.05, 0.1) is 6.54 Å². The van der Waals surface area contributed by atoms with Gasteiger partial charge in [-0.15, -0.1) is 5.10 Å². The molecule has 1 fully saturated rings. The predicted octanol–water partition coefficient (Wildman–Crippen LogP) is 0.262. The van der Waals surface area contributed by atoms with E-state index < -0.39 is 0 Å². The average Bonchev–Trinajstić information content (AvgIpc) is 3.44. The van der Waals surface area contributed by atoms with E-state index in [1.165, 1.54) is 5.69 Å². The Morgan fingerprint density at radius 2 is 1.74 bits per heavy atom. The summed E-state index contributed by atoms with van der Waals surface area (Å²) in [5.41, 5.74) is 2.49. The van der Waals surface area contributed by atoms with Crippen molar-refractivity contribution >= 4 is 5.69 Å². The summed E-state index contributed by atoms with van der Waals surface area (Å²) in [5.74, 6) is 2.99. The van der Waals surface area contributed by atoms with Crippen LogP contribution in [0, 0.1) is 5.92 Å². The van der Waals surface area contributed by atoms with Crippen molar-refractivity contribution in [3.63, 3.8) is 0 Å². The van der Waals surface area contributed by atoms with E-state index in [9.17, 15) is 0 Å². The standard InChI is InChI=1S/C23H28N6O2/c1-17(2)22(28-12-10-27(11-13-28)19-6-4-3-5-7-19)23-24-25-26-29(23)15-18-8-9-20-21(14-18)31-16-30-20/h3-9,14,17,22H,10-13,15-16H2,1-2H3/p+2/t22-/m1/s1. The molecule has 8 heteroatoms. The molecule has 2 aliphatic heterocycles. The number of rotatable bonds is 6. The van der Waals surface area contributed by atoms with Crippen LogP contribution in [0.25, 0.3) is 0 Å². The minimum atomic E-state index is 0.265. The number of quaternary nitrogens is 2. The first-order chi connectivity index (χ1) is 15.2. The van der Waals surface area contributed by atoms with E-state index in [0.29, 0.717) is 12.5 Å². The summed E-state index contributed by atoms with van der Waals surface area (Å²) in [6.07, 6.45) is 0. The molecule has 0 radical (unpaired) electrons. The SMILES string of the molecule is CC(C)[C@H](c1nnnn1Cc1ccc2c(c1)OCO2)[NH+]1CC[NH+](c2ccccc2)CC1. The summed E-state index contributed by atoms with van der Waals surface area (Å²) < 4.78 is 12.9. The molecule has 1 aromatic heterocycles. The molecule has 3 heterocycles. The topological polar surface area (TPSA) is 70.9 Å². The van der Waals surface area contributed by atoms with Gasteiger partial charge in [-0.2, -0.15) is 0 Å². The zero-order valence-corrected chi connectivity index (χ0v) is 18.1. The lowest BCUT2D eigenvalue weighted by atomic mass is 10.0. The van der Waals surface area contributed by atoms with Gasteiger partial charge in [-0.05, 0) is 40.3 Å². The molecule has 0 amide bonds. The third kappa shape index (κ3) is 4.13. The number of nitrogens with one attached hydrogen (secondary N) is 2. The van der Waals surface area contributed by atoms with Crippen LogP contribution in [0.4, 0.5) is 5.69 Å². The summed E-state index contributed by atoms with van der Waals surface area (Å²) in [6.45, 7) is 9.88. The molecule has 1 saturated heterocycles. The lowest BCUT2D eigenvalue weighted by Crippen LogP contribution is -3.26. The maximum absolute atomic E-state index is 5.53. The van der Waals surface area contributed by atoms with E-state index in [1.54, 1.807) is 9.80 Å². The second-order valence-corrected chi connectivity index (χ2v) is 8.73. The van der Waals surface area contributed by atoms with Crippen LogP contribution in [-0.4, -0.2) is 53.2 Å². The third-order valence-corrected chi connectivity index (χ3v) is 6.39. The summed E-state index contributed by atoms with van der Waals surface area (Å²) in [4.78, 5) is 3.13. The molecular formula is C23H30N6O2+2. The molecule has 5 rings (SSSR count). The Hall–Kier alpha value is -2.97. The molecule has 0 unspecified atom stereocenters. The highest BCUT2D eigenvalue weighted by Gasteiger charge is 2.36. The molecule has 0 aliphatic carbocycles. The molecule has 1 atom stereocenters. The molecular weight excluding hydrogens is 392 g/mol. The van der Waals surface area contributed by atoms with Gasteiger partial charge >= 0.3 is 0 Å². The molecule has 0 spiro atoms. The Morgan fingerprint density at radius 1 is 0.968 bits per heavy atom. The molecule has 2 N–H and O–H groups in total. The zero-order chi connectivity index (χ0) is 21.2. The fourth-order valence-corrected chi connectivity index (χ4v) is 4.86. The predicted molar refractivity (Wildman–Crippen MR) is 115 cm³/mol. The fourth-order valence-electron chi connectivity index (χ4n) is 4.86. The second-order valence-electron chi connectivity index (χ2n) is 8.73. The van der Waals surface area contributed by atoms with Crippen LogP contribution < -0.4 is 19.3 Å². The molecule has 0 bridgehead atoms. The zero-order valence-electron chi connectivity index (χ0n) is 18.1. The van der Waals surface area contributed by atoms with E-state index in [2.05, 4.69) is 65.8 Å². The number of aromatic nitrogens is 4. The highest BCUT2D eigenvalue weighted by molar-refractivity contribution is 5.44. The molecule has 31 heavy (non-hydrogen) atoms. The van der Waals surface area contributed by atoms with Crippen LogP contribution in [0.3, 0.4) is 0 Å². The molecule has 3 aromatic rings. The minimum absolute atomic E-state index is 0.265. The minimum Gasteiger partial charge on any atom is -0.454 e. The van der Waals surface area contributed by atoms with Crippen LogP contribution in [-0.2, 0) is 6.54 Å². The highest BCUT2D eigenvalue weighted by Crippen LogP contribution is 2.32. The van der Waals surface area contributed by atoms with Crippen LogP contribution in [0.1, 0.15) is 31.3 Å². The second kappa shape index (κ2) is 8.64. The monoisotopic (exact) mass is 422 g/mol. The maximum atomic E-state index is 5.53. The van der Waals surface area contributed by atoms with Gasteiger partial charge in [-0.3, -0.25) is 4.90 Å². The van der Waals surface area contributed by atoms with Crippen molar-refractivity contribution in [3.05, 3.63) is 59.9 Å². The van der Waals surface area contributed by atoms with Crippen LogP contribution in [0.15, 0.2) is 48.5 Å². The number of fused-ring (bicyclic) bond motifs is 1.